The number of aromatic nitrogens is 1. The lowest BCUT2D eigenvalue weighted by atomic mass is 10.0. The zero-order chi connectivity index (χ0) is 12.6. The molecule has 7 nitrogen and oxygen atoms in total. The molecule has 0 saturated heterocycles. The second-order valence-corrected chi connectivity index (χ2v) is 3.89. The highest BCUT2D eigenvalue weighted by Crippen LogP contribution is 2.29. The number of aliphatic hydroxyl groups excluding tert-OH is 2. The predicted octanol–water partition coefficient (Wildman–Crippen LogP) is -1.38. The zero-order valence-electron chi connectivity index (χ0n) is 8.79. The van der Waals surface area contributed by atoms with Crippen LogP contribution >= 0.6 is 0 Å². The molecular formula is C10H11NO6. The average molecular weight is 241 g/mol. The number of hydrogen-bond acceptors (Lipinski definition) is 5. The molecule has 0 spiro atoms. The number of ether oxygens (including phenoxy) is 1. The molecule has 1 aromatic rings. The molecule has 3 N–H and O–H groups in total. The Morgan fingerprint density at radius 2 is 2.06 bits per heavy atom. The van der Waals surface area contributed by atoms with E-state index in [-0.39, 0.29) is 18.1 Å². The van der Waals surface area contributed by atoms with Crippen molar-refractivity contribution in [1.29, 1.82) is 0 Å². The number of fused-ring (bicyclic) bond motifs is 1. The summed E-state index contributed by atoms with van der Waals surface area (Å²) in [6, 6.07) is 2.12. The zero-order valence-corrected chi connectivity index (χ0v) is 8.79. The van der Waals surface area contributed by atoms with E-state index in [9.17, 15) is 19.8 Å². The van der Waals surface area contributed by atoms with Gasteiger partial charge >= 0.3 is 5.97 Å². The Labute approximate surface area is 95.5 Å². The maximum absolute atomic E-state index is 11.8. The van der Waals surface area contributed by atoms with Gasteiger partial charge in [-0.05, 0) is 0 Å². The molecular weight excluding hydrogens is 230 g/mol. The van der Waals surface area contributed by atoms with Gasteiger partial charge in [0.25, 0.3) is 5.56 Å². The van der Waals surface area contributed by atoms with Crippen molar-refractivity contribution in [2.45, 2.75) is 5.54 Å². The second-order valence-electron chi connectivity index (χ2n) is 3.89. The van der Waals surface area contributed by atoms with E-state index in [2.05, 4.69) is 0 Å². The maximum atomic E-state index is 11.8. The molecule has 0 saturated carbocycles. The number of carboxylic acids is 1. The third-order valence-electron chi connectivity index (χ3n) is 2.80. The van der Waals surface area contributed by atoms with Gasteiger partial charge in [-0.1, -0.05) is 0 Å². The lowest BCUT2D eigenvalue weighted by molar-refractivity contribution is 0.0580. The Balaban J connectivity index is 2.63. The van der Waals surface area contributed by atoms with E-state index in [1.807, 2.05) is 0 Å². The summed E-state index contributed by atoms with van der Waals surface area (Å²) < 4.78 is 6.23. The van der Waals surface area contributed by atoms with Gasteiger partial charge in [-0.25, -0.2) is 4.79 Å². The van der Waals surface area contributed by atoms with E-state index in [0.717, 1.165) is 10.6 Å². The molecule has 0 aliphatic carbocycles. The molecule has 7 heteroatoms. The van der Waals surface area contributed by atoms with Crippen LogP contribution in [-0.2, 0) is 5.54 Å². The largest absolute Gasteiger partial charge is 0.478 e. The van der Waals surface area contributed by atoms with Crippen molar-refractivity contribution in [3.05, 3.63) is 28.0 Å². The third-order valence-corrected chi connectivity index (χ3v) is 2.80. The van der Waals surface area contributed by atoms with Gasteiger partial charge < -0.3 is 20.1 Å². The number of nitrogens with zero attached hydrogens (tertiary/aromatic N) is 1. The van der Waals surface area contributed by atoms with E-state index in [1.165, 1.54) is 6.07 Å². The summed E-state index contributed by atoms with van der Waals surface area (Å²) in [5.74, 6) is -1.20. The van der Waals surface area contributed by atoms with Gasteiger partial charge in [-0.2, -0.15) is 0 Å². The van der Waals surface area contributed by atoms with E-state index < -0.39 is 30.3 Å². The number of aromatic carboxylic acids is 1. The highest BCUT2D eigenvalue weighted by molar-refractivity contribution is 5.87. The molecule has 0 aromatic carbocycles. The average Bonchev–Trinajstić information content (AvgIpc) is 2.69. The van der Waals surface area contributed by atoms with Crippen LogP contribution in [0.5, 0.6) is 5.88 Å². The molecule has 17 heavy (non-hydrogen) atoms. The first-order valence-corrected chi connectivity index (χ1v) is 4.89. The van der Waals surface area contributed by atoms with Gasteiger partial charge in [0.05, 0.1) is 18.8 Å². The molecule has 0 fully saturated rings. The minimum absolute atomic E-state index is 0.0398. The van der Waals surface area contributed by atoms with Gasteiger partial charge in [-0.3, -0.25) is 9.36 Å². The third kappa shape index (κ3) is 1.60. The van der Waals surface area contributed by atoms with Gasteiger partial charge in [0.2, 0.25) is 0 Å². The van der Waals surface area contributed by atoms with Crippen LogP contribution in [0.3, 0.4) is 0 Å². The minimum Gasteiger partial charge on any atom is -0.478 e. The topological polar surface area (TPSA) is 109 Å². The first-order valence-electron chi connectivity index (χ1n) is 4.89. The minimum atomic E-state index is -1.24. The SMILES string of the molecule is O=C(O)c1cc2n(c(=O)c1)C(CO)(CO)CO2. The Hall–Kier alpha value is -1.86. The van der Waals surface area contributed by atoms with Crippen molar-refractivity contribution in [1.82, 2.24) is 4.57 Å². The van der Waals surface area contributed by atoms with E-state index in [4.69, 9.17) is 9.84 Å². The summed E-state index contributed by atoms with van der Waals surface area (Å²) in [4.78, 5) is 22.5. The lowest BCUT2D eigenvalue weighted by Gasteiger charge is -2.23. The molecule has 1 aliphatic heterocycles. The number of hydrogen-bond donors (Lipinski definition) is 3. The maximum Gasteiger partial charge on any atom is 0.336 e. The fourth-order valence-electron chi connectivity index (χ4n) is 1.80. The van der Waals surface area contributed by atoms with Crippen LogP contribution in [0.1, 0.15) is 10.4 Å². The van der Waals surface area contributed by atoms with Crippen molar-refractivity contribution >= 4 is 5.97 Å². The number of rotatable bonds is 3. The van der Waals surface area contributed by atoms with Crippen LogP contribution in [0.25, 0.3) is 0 Å². The summed E-state index contributed by atoms with van der Waals surface area (Å²) >= 11 is 0. The molecule has 0 atom stereocenters. The highest BCUT2D eigenvalue weighted by Gasteiger charge is 2.40. The molecule has 2 heterocycles. The molecule has 1 aromatic heterocycles. The smallest absolute Gasteiger partial charge is 0.336 e. The van der Waals surface area contributed by atoms with Crippen LogP contribution in [0, 0.1) is 0 Å². The van der Waals surface area contributed by atoms with Crippen LogP contribution in [0.2, 0.25) is 0 Å². The fourth-order valence-corrected chi connectivity index (χ4v) is 1.80. The van der Waals surface area contributed by atoms with Crippen molar-refractivity contribution in [2.75, 3.05) is 19.8 Å². The molecule has 92 valence electrons. The first kappa shape index (κ1) is 11.6. The summed E-state index contributed by atoms with van der Waals surface area (Å²) in [5, 5.41) is 27.3. The van der Waals surface area contributed by atoms with E-state index >= 15 is 0 Å². The summed E-state index contributed by atoms with van der Waals surface area (Å²) in [6.45, 7) is -1.01. The predicted molar refractivity (Wildman–Crippen MR) is 55.3 cm³/mol. The summed E-state index contributed by atoms with van der Waals surface area (Å²) in [6.07, 6.45) is 0. The molecule has 0 amide bonds. The van der Waals surface area contributed by atoms with Gasteiger partial charge in [0.15, 0.2) is 5.88 Å². The standard InChI is InChI=1S/C10H11NO6/c12-3-10(4-13)5-17-8-2-6(9(15)16)1-7(14)11(8)10/h1-2,12-13H,3-5H2,(H,15,16). The van der Waals surface area contributed by atoms with E-state index in [0.29, 0.717) is 0 Å². The molecule has 0 bridgehead atoms. The molecule has 2 rings (SSSR count). The number of carbonyl (C=O) groups is 1. The Morgan fingerprint density at radius 1 is 1.41 bits per heavy atom. The number of pyridine rings is 1. The van der Waals surface area contributed by atoms with Crippen molar-refractivity contribution in [3.63, 3.8) is 0 Å². The van der Waals surface area contributed by atoms with Crippen molar-refractivity contribution < 1.29 is 24.9 Å². The van der Waals surface area contributed by atoms with Gasteiger partial charge in [-0.15, -0.1) is 0 Å². The highest BCUT2D eigenvalue weighted by atomic mass is 16.5. The van der Waals surface area contributed by atoms with Crippen molar-refractivity contribution in [3.8, 4) is 5.88 Å². The normalized spacial score (nSPS) is 16.4. The van der Waals surface area contributed by atoms with Crippen molar-refractivity contribution in [2.24, 2.45) is 0 Å². The Bertz CT molecular complexity index is 516. The monoisotopic (exact) mass is 241 g/mol. The molecule has 0 radical (unpaired) electrons. The molecule has 1 aliphatic rings. The summed E-state index contributed by atoms with van der Waals surface area (Å²) in [5.41, 5.74) is -2.03. The van der Waals surface area contributed by atoms with Crippen LogP contribution in [-0.4, -0.2) is 45.7 Å². The fraction of sp³-hybridized carbons (Fsp3) is 0.400. The van der Waals surface area contributed by atoms with Gasteiger partial charge in [0.1, 0.15) is 12.1 Å². The summed E-state index contributed by atoms with van der Waals surface area (Å²) in [7, 11) is 0. The Morgan fingerprint density at radius 3 is 2.59 bits per heavy atom. The number of carboxylic acid groups (broad SMARTS) is 1. The van der Waals surface area contributed by atoms with Crippen LogP contribution < -0.4 is 10.3 Å². The van der Waals surface area contributed by atoms with Gasteiger partial charge in [0, 0.05) is 12.1 Å². The van der Waals surface area contributed by atoms with Crippen LogP contribution in [0.15, 0.2) is 16.9 Å². The van der Waals surface area contributed by atoms with Crippen LogP contribution in [0.4, 0.5) is 0 Å². The van der Waals surface area contributed by atoms with E-state index in [1.54, 1.807) is 0 Å². The number of aliphatic hydroxyl groups is 2. The Kier molecular flexibility index (Phi) is 2.64. The lowest BCUT2D eigenvalue weighted by Crippen LogP contribution is -2.46. The first-order chi connectivity index (χ1) is 8.04. The quantitative estimate of drug-likeness (QED) is 0.601. The molecule has 0 unspecified atom stereocenters. The second kappa shape index (κ2) is 3.86.